The summed E-state index contributed by atoms with van der Waals surface area (Å²) in [6.07, 6.45) is 4.68. The molecule has 5 heteroatoms. The maximum absolute atomic E-state index is 12.1. The number of hydrogen-bond donors (Lipinski definition) is 1. The molecular formula is C14H22N2O3. The van der Waals surface area contributed by atoms with E-state index >= 15 is 0 Å². The number of carbonyl (C=O) groups excluding carboxylic acids is 2. The van der Waals surface area contributed by atoms with Crippen molar-refractivity contribution in [3.63, 3.8) is 0 Å². The third-order valence-electron chi connectivity index (χ3n) is 4.34. The Morgan fingerprint density at radius 1 is 1.58 bits per heavy atom. The SMILES string of the molecule is C=CCNC(=O)CN1C[C@H]2CCC[C@@]2(C(=O)OC)C1. The van der Waals surface area contributed by atoms with E-state index in [1.54, 1.807) is 6.08 Å². The van der Waals surface area contributed by atoms with Gasteiger partial charge in [-0.05, 0) is 18.8 Å². The Morgan fingerprint density at radius 3 is 3.05 bits per heavy atom. The Bertz CT molecular complexity index is 383. The second-order valence-electron chi connectivity index (χ2n) is 5.50. The van der Waals surface area contributed by atoms with Crippen molar-refractivity contribution >= 4 is 11.9 Å². The van der Waals surface area contributed by atoms with Gasteiger partial charge in [-0.2, -0.15) is 0 Å². The molecule has 0 bridgehead atoms. The van der Waals surface area contributed by atoms with Crippen LogP contribution >= 0.6 is 0 Å². The summed E-state index contributed by atoms with van der Waals surface area (Å²) < 4.78 is 4.98. The molecule has 0 aromatic heterocycles. The van der Waals surface area contributed by atoms with Crippen LogP contribution in [0.15, 0.2) is 12.7 Å². The van der Waals surface area contributed by atoms with Crippen LogP contribution in [-0.4, -0.2) is 50.1 Å². The predicted octanol–water partition coefficient (Wildman–Crippen LogP) is 0.564. The highest BCUT2D eigenvalue weighted by Crippen LogP contribution is 2.49. The Labute approximate surface area is 114 Å². The van der Waals surface area contributed by atoms with Crippen LogP contribution in [0.2, 0.25) is 0 Å². The summed E-state index contributed by atoms with van der Waals surface area (Å²) in [6, 6.07) is 0. The molecule has 5 nitrogen and oxygen atoms in total. The average Bonchev–Trinajstić information content (AvgIpc) is 2.92. The number of fused-ring (bicyclic) bond motifs is 1. The number of nitrogens with one attached hydrogen (secondary N) is 1. The second kappa shape index (κ2) is 5.74. The molecule has 1 saturated carbocycles. The summed E-state index contributed by atoms with van der Waals surface area (Å²) >= 11 is 0. The molecule has 1 amide bonds. The highest BCUT2D eigenvalue weighted by atomic mass is 16.5. The van der Waals surface area contributed by atoms with E-state index in [0.29, 0.717) is 25.6 Å². The number of carbonyl (C=O) groups is 2. The minimum atomic E-state index is -0.368. The minimum Gasteiger partial charge on any atom is -0.469 e. The van der Waals surface area contributed by atoms with E-state index in [1.165, 1.54) is 7.11 Å². The quantitative estimate of drug-likeness (QED) is 0.583. The highest BCUT2D eigenvalue weighted by Gasteiger charge is 2.55. The first-order chi connectivity index (χ1) is 9.12. The summed E-state index contributed by atoms with van der Waals surface area (Å²) in [6.45, 7) is 5.86. The first-order valence-electron chi connectivity index (χ1n) is 6.81. The first kappa shape index (κ1) is 14.1. The number of ether oxygens (including phenoxy) is 1. The molecule has 2 fully saturated rings. The third-order valence-corrected chi connectivity index (χ3v) is 4.34. The molecule has 0 spiro atoms. The highest BCUT2D eigenvalue weighted by molar-refractivity contribution is 5.80. The molecule has 1 aliphatic carbocycles. The monoisotopic (exact) mass is 266 g/mol. The molecule has 1 N–H and O–H groups in total. The molecule has 0 radical (unpaired) electrons. The van der Waals surface area contributed by atoms with Gasteiger partial charge in [-0.15, -0.1) is 6.58 Å². The van der Waals surface area contributed by atoms with Gasteiger partial charge in [0.05, 0.1) is 19.1 Å². The van der Waals surface area contributed by atoms with E-state index in [1.807, 2.05) is 0 Å². The van der Waals surface area contributed by atoms with Crippen molar-refractivity contribution < 1.29 is 14.3 Å². The maximum atomic E-state index is 12.1. The molecule has 2 rings (SSSR count). The number of likely N-dealkylation sites (tertiary alicyclic amines) is 1. The number of rotatable bonds is 5. The summed E-state index contributed by atoms with van der Waals surface area (Å²) in [5, 5.41) is 2.77. The van der Waals surface area contributed by atoms with Crippen LogP contribution in [0.25, 0.3) is 0 Å². The molecule has 106 valence electrons. The van der Waals surface area contributed by atoms with E-state index in [2.05, 4.69) is 16.8 Å². The van der Waals surface area contributed by atoms with Crippen molar-refractivity contribution in [2.45, 2.75) is 19.3 Å². The van der Waals surface area contributed by atoms with E-state index < -0.39 is 0 Å². The molecule has 0 aromatic carbocycles. The fourth-order valence-electron chi connectivity index (χ4n) is 3.50. The van der Waals surface area contributed by atoms with Crippen molar-refractivity contribution in [2.75, 3.05) is 33.3 Å². The lowest BCUT2D eigenvalue weighted by atomic mass is 9.81. The van der Waals surface area contributed by atoms with Crippen molar-refractivity contribution in [2.24, 2.45) is 11.3 Å². The van der Waals surface area contributed by atoms with E-state index in [0.717, 1.165) is 25.8 Å². The largest absolute Gasteiger partial charge is 0.469 e. The molecule has 0 unspecified atom stereocenters. The number of esters is 1. The zero-order valence-electron chi connectivity index (χ0n) is 11.5. The van der Waals surface area contributed by atoms with Crippen molar-refractivity contribution in [3.05, 3.63) is 12.7 Å². The fourth-order valence-corrected chi connectivity index (χ4v) is 3.50. The van der Waals surface area contributed by atoms with Crippen molar-refractivity contribution in [1.29, 1.82) is 0 Å². The normalized spacial score (nSPS) is 29.8. The predicted molar refractivity (Wildman–Crippen MR) is 71.4 cm³/mol. The zero-order valence-corrected chi connectivity index (χ0v) is 11.5. The lowest BCUT2D eigenvalue weighted by Crippen LogP contribution is -2.40. The van der Waals surface area contributed by atoms with Gasteiger partial charge in [0.2, 0.25) is 5.91 Å². The summed E-state index contributed by atoms with van der Waals surface area (Å²) in [7, 11) is 1.45. The van der Waals surface area contributed by atoms with E-state index in [4.69, 9.17) is 4.74 Å². The zero-order chi connectivity index (χ0) is 13.9. The lowest BCUT2D eigenvalue weighted by Gasteiger charge is -2.25. The molecular weight excluding hydrogens is 244 g/mol. The molecule has 1 aliphatic heterocycles. The second-order valence-corrected chi connectivity index (χ2v) is 5.50. The van der Waals surface area contributed by atoms with Crippen LogP contribution in [0, 0.1) is 11.3 Å². The Kier molecular flexibility index (Phi) is 4.24. The fraction of sp³-hybridized carbons (Fsp3) is 0.714. The van der Waals surface area contributed by atoms with E-state index in [9.17, 15) is 9.59 Å². The van der Waals surface area contributed by atoms with Crippen molar-refractivity contribution in [3.8, 4) is 0 Å². The summed E-state index contributed by atoms with van der Waals surface area (Å²) in [5.74, 6) is 0.219. The Hall–Kier alpha value is -1.36. The number of amides is 1. The standard InChI is InChI=1S/C14H22N2O3/c1-3-7-15-12(17)9-16-8-11-5-4-6-14(11,10-16)13(18)19-2/h3,11H,1,4-10H2,2H3,(H,15,17)/t11-,14-/m1/s1. The lowest BCUT2D eigenvalue weighted by molar-refractivity contribution is -0.153. The first-order valence-corrected chi connectivity index (χ1v) is 6.81. The van der Waals surface area contributed by atoms with E-state index in [-0.39, 0.29) is 17.3 Å². The molecule has 1 saturated heterocycles. The van der Waals surface area contributed by atoms with Crippen LogP contribution in [-0.2, 0) is 14.3 Å². The smallest absolute Gasteiger partial charge is 0.313 e. The van der Waals surface area contributed by atoms with Gasteiger partial charge < -0.3 is 10.1 Å². The van der Waals surface area contributed by atoms with Gasteiger partial charge in [0.1, 0.15) is 0 Å². The van der Waals surface area contributed by atoms with Crippen LogP contribution < -0.4 is 5.32 Å². The van der Waals surface area contributed by atoms with Gasteiger partial charge in [-0.3, -0.25) is 14.5 Å². The van der Waals surface area contributed by atoms with Gasteiger partial charge in [0, 0.05) is 19.6 Å². The maximum Gasteiger partial charge on any atom is 0.313 e. The molecule has 2 aliphatic rings. The van der Waals surface area contributed by atoms with Crippen LogP contribution in [0.1, 0.15) is 19.3 Å². The Morgan fingerprint density at radius 2 is 2.37 bits per heavy atom. The van der Waals surface area contributed by atoms with Crippen LogP contribution in [0.3, 0.4) is 0 Å². The number of nitrogens with zero attached hydrogens (tertiary/aromatic N) is 1. The van der Waals surface area contributed by atoms with Crippen LogP contribution in [0.4, 0.5) is 0 Å². The molecule has 1 heterocycles. The molecule has 19 heavy (non-hydrogen) atoms. The number of methoxy groups -OCH3 is 1. The third kappa shape index (κ3) is 2.66. The van der Waals surface area contributed by atoms with Crippen molar-refractivity contribution in [1.82, 2.24) is 10.2 Å². The van der Waals surface area contributed by atoms with Gasteiger partial charge in [-0.25, -0.2) is 0 Å². The Balaban J connectivity index is 1.96. The van der Waals surface area contributed by atoms with Gasteiger partial charge in [0.25, 0.3) is 0 Å². The van der Waals surface area contributed by atoms with Gasteiger partial charge in [0.15, 0.2) is 0 Å². The minimum absolute atomic E-state index is 0.0140. The topological polar surface area (TPSA) is 58.6 Å². The van der Waals surface area contributed by atoms with Gasteiger partial charge >= 0.3 is 5.97 Å². The average molecular weight is 266 g/mol. The molecule has 0 aromatic rings. The van der Waals surface area contributed by atoms with Gasteiger partial charge in [-0.1, -0.05) is 12.5 Å². The van der Waals surface area contributed by atoms with Crippen LogP contribution in [0.5, 0.6) is 0 Å². The molecule has 2 atom stereocenters. The summed E-state index contributed by atoms with van der Waals surface area (Å²) in [5.41, 5.74) is -0.368. The summed E-state index contributed by atoms with van der Waals surface area (Å²) in [4.78, 5) is 25.8. The number of hydrogen-bond acceptors (Lipinski definition) is 4.